The van der Waals surface area contributed by atoms with Crippen LogP contribution in [-0.4, -0.2) is 31.5 Å². The fourth-order valence-corrected chi connectivity index (χ4v) is 5.37. The van der Waals surface area contributed by atoms with Crippen molar-refractivity contribution < 1.29 is 9.53 Å². The Bertz CT molecular complexity index is 1240. The topological polar surface area (TPSA) is 63.2 Å². The molecule has 2 N–H and O–H groups in total. The van der Waals surface area contributed by atoms with E-state index in [0.29, 0.717) is 6.61 Å². The molecule has 1 aromatic heterocycles. The number of aldehydes is 1. The lowest BCUT2D eigenvalue weighted by atomic mass is 10.0. The van der Waals surface area contributed by atoms with E-state index in [2.05, 4.69) is 98.4 Å². The number of aromatic nitrogens is 1. The minimum atomic E-state index is 0.111. The summed E-state index contributed by atoms with van der Waals surface area (Å²) >= 11 is 3.40. The first-order valence-electron chi connectivity index (χ1n) is 14.0. The van der Waals surface area contributed by atoms with Crippen molar-refractivity contribution in [3.05, 3.63) is 88.9 Å². The third-order valence-corrected chi connectivity index (χ3v) is 7.96. The van der Waals surface area contributed by atoms with Gasteiger partial charge in [-0.25, -0.2) is 9.71 Å². The Hall–Kier alpha value is -2.71. The maximum atomic E-state index is 8.81. The van der Waals surface area contributed by atoms with Crippen LogP contribution in [0.2, 0.25) is 0 Å². The quantitative estimate of drug-likeness (QED) is 0.0998. The molecule has 0 saturated heterocycles. The number of fused-ring (bicyclic) bond motifs is 1. The maximum Gasteiger partial charge on any atom is 0.120 e. The minimum absolute atomic E-state index is 0.111. The molecule has 3 aromatic carbocycles. The monoisotopic (exact) mass is 579 g/mol. The molecule has 7 heteroatoms. The van der Waals surface area contributed by atoms with Gasteiger partial charge in [0.05, 0.1) is 22.9 Å². The van der Waals surface area contributed by atoms with Crippen molar-refractivity contribution in [3.8, 4) is 5.75 Å². The molecule has 0 amide bonds. The number of rotatable bonds is 12. The molecule has 4 rings (SSSR count). The van der Waals surface area contributed by atoms with Crippen LogP contribution >= 0.6 is 23.3 Å². The van der Waals surface area contributed by atoms with Crippen molar-refractivity contribution in [2.24, 2.45) is 5.92 Å². The lowest BCUT2D eigenvalue weighted by Gasteiger charge is -2.16. The van der Waals surface area contributed by atoms with E-state index < -0.39 is 0 Å². The number of thiazole rings is 1. The number of carbonyl (C=O) groups excluding carboxylic acids is 1. The number of nitrogens with one attached hydrogen (secondary N) is 2. The van der Waals surface area contributed by atoms with Gasteiger partial charge < -0.3 is 14.8 Å². The van der Waals surface area contributed by atoms with Crippen LogP contribution in [0.3, 0.4) is 0 Å². The van der Waals surface area contributed by atoms with E-state index in [-0.39, 0.29) is 6.04 Å². The Morgan fingerprint density at radius 3 is 2.42 bits per heavy atom. The summed E-state index contributed by atoms with van der Waals surface area (Å²) in [6.07, 6.45) is 3.93. The van der Waals surface area contributed by atoms with Crippen molar-refractivity contribution in [2.75, 3.05) is 20.2 Å². The number of carbonyl (C=O) groups is 1. The van der Waals surface area contributed by atoms with Crippen molar-refractivity contribution in [1.29, 1.82) is 0 Å². The van der Waals surface area contributed by atoms with Crippen LogP contribution in [0.4, 0.5) is 0 Å². The highest BCUT2D eigenvalue weighted by molar-refractivity contribution is 7.97. The van der Waals surface area contributed by atoms with Gasteiger partial charge in [-0.2, -0.15) is 0 Å². The summed E-state index contributed by atoms with van der Waals surface area (Å²) < 4.78 is 10.7. The molecule has 4 aromatic rings. The van der Waals surface area contributed by atoms with E-state index in [9.17, 15) is 0 Å². The molecule has 216 valence electrons. The van der Waals surface area contributed by atoms with Crippen LogP contribution in [-0.2, 0) is 11.2 Å². The molecule has 40 heavy (non-hydrogen) atoms. The number of aryl methyl sites for hydroxylation is 1. The normalized spacial score (nSPS) is 11.3. The number of benzene rings is 3. The zero-order valence-electron chi connectivity index (χ0n) is 24.8. The molecule has 0 aliphatic carbocycles. The summed E-state index contributed by atoms with van der Waals surface area (Å²) in [6, 6.07) is 25.4. The van der Waals surface area contributed by atoms with E-state index in [4.69, 9.17) is 14.5 Å². The number of nitrogens with zero attached hydrogens (tertiary/aromatic N) is 1. The molecule has 1 atom stereocenters. The average Bonchev–Trinajstić information content (AvgIpc) is 3.38. The number of hydrogen-bond donors (Lipinski definition) is 2. The average molecular weight is 580 g/mol. The molecule has 0 aliphatic heterocycles. The Kier molecular flexibility index (Phi) is 16.2. The third-order valence-electron chi connectivity index (χ3n) is 5.92. The predicted octanol–water partition coefficient (Wildman–Crippen LogP) is 8.43. The summed E-state index contributed by atoms with van der Waals surface area (Å²) in [6.45, 7) is 11.9. The number of hydrogen-bond acceptors (Lipinski definition) is 7. The second kappa shape index (κ2) is 19.4. The van der Waals surface area contributed by atoms with Gasteiger partial charge in [-0.05, 0) is 94.0 Å². The second-order valence-electron chi connectivity index (χ2n) is 9.80. The van der Waals surface area contributed by atoms with E-state index in [1.165, 1.54) is 29.4 Å². The van der Waals surface area contributed by atoms with Crippen LogP contribution in [0, 0.1) is 12.8 Å². The third kappa shape index (κ3) is 12.6. The molecule has 1 unspecified atom stereocenters. The summed E-state index contributed by atoms with van der Waals surface area (Å²) in [5, 5.41) is 4.24. The van der Waals surface area contributed by atoms with Gasteiger partial charge >= 0.3 is 0 Å². The molecule has 0 spiro atoms. The molecule has 1 heterocycles. The minimum Gasteiger partial charge on any atom is -0.493 e. The van der Waals surface area contributed by atoms with Crippen molar-refractivity contribution in [2.45, 2.75) is 64.8 Å². The van der Waals surface area contributed by atoms with Gasteiger partial charge in [0.2, 0.25) is 0 Å². The molecule has 0 saturated carbocycles. The summed E-state index contributed by atoms with van der Waals surface area (Å²) in [5.74, 6) is 1.79. The Morgan fingerprint density at radius 1 is 1.05 bits per heavy atom. The van der Waals surface area contributed by atoms with Crippen LogP contribution in [0.1, 0.15) is 62.7 Å². The largest absolute Gasteiger partial charge is 0.493 e. The van der Waals surface area contributed by atoms with Crippen LogP contribution < -0.4 is 14.8 Å². The molecular weight excluding hydrogens is 535 g/mol. The highest BCUT2D eigenvalue weighted by Gasteiger charge is 2.18. The standard InChI is InChI=1S/C26H29N3OS2.C5H12.C2H4O/c1-19-8-6-9-20(16-19)17-24(29-32-22-10-4-3-5-11-22)26-28-23-13-12-21(18-25(23)31-26)30-15-7-14-27-2;1-4-5(2)3;1-2-3/h3-6,8-13,16,18,24,27,29H,7,14-15,17H2,1-2H3;5H,4H2,1-3H3;2H,1H3. The lowest BCUT2D eigenvalue weighted by Crippen LogP contribution is -2.16. The van der Waals surface area contributed by atoms with E-state index in [1.54, 1.807) is 23.3 Å². The van der Waals surface area contributed by atoms with E-state index in [0.717, 1.165) is 52.6 Å². The fourth-order valence-electron chi connectivity index (χ4n) is 3.48. The van der Waals surface area contributed by atoms with Crippen molar-refractivity contribution in [1.82, 2.24) is 15.0 Å². The molecule has 0 aliphatic rings. The van der Waals surface area contributed by atoms with Gasteiger partial charge in [-0.15, -0.1) is 11.3 Å². The van der Waals surface area contributed by atoms with E-state index in [1.807, 2.05) is 19.2 Å². The molecule has 0 fully saturated rings. The fraction of sp³-hybridized carbons (Fsp3) is 0.394. The molecule has 5 nitrogen and oxygen atoms in total. The van der Waals surface area contributed by atoms with Gasteiger partial charge in [-0.3, -0.25) is 0 Å². The SMILES string of the molecule is CC=O.CCC(C)C.CNCCCOc1ccc2nc(C(Cc3cccc(C)c3)NSc3ccccc3)sc2c1. The van der Waals surface area contributed by atoms with Gasteiger partial charge in [0.25, 0.3) is 0 Å². The summed E-state index contributed by atoms with van der Waals surface area (Å²) in [7, 11) is 1.96. The van der Waals surface area contributed by atoms with Crippen molar-refractivity contribution >= 4 is 39.8 Å². The highest BCUT2D eigenvalue weighted by atomic mass is 32.2. The Balaban J connectivity index is 0.000000621. The second-order valence-corrected chi connectivity index (χ2v) is 11.8. The summed E-state index contributed by atoms with van der Waals surface area (Å²) in [4.78, 5) is 15.0. The van der Waals surface area contributed by atoms with E-state index >= 15 is 0 Å². The Morgan fingerprint density at radius 2 is 1.77 bits per heavy atom. The first-order valence-corrected chi connectivity index (χ1v) is 15.6. The van der Waals surface area contributed by atoms with Gasteiger partial charge in [0, 0.05) is 4.90 Å². The zero-order chi connectivity index (χ0) is 29.2. The number of ether oxygens (including phenoxy) is 1. The van der Waals surface area contributed by atoms with Gasteiger partial charge in [-0.1, -0.05) is 75.2 Å². The smallest absolute Gasteiger partial charge is 0.120 e. The molecule has 0 bridgehead atoms. The van der Waals surface area contributed by atoms with Gasteiger partial charge in [0.1, 0.15) is 17.0 Å². The lowest BCUT2D eigenvalue weighted by molar-refractivity contribution is -0.106. The van der Waals surface area contributed by atoms with Crippen molar-refractivity contribution in [3.63, 3.8) is 0 Å². The molecular formula is C33H45N3O2S2. The maximum absolute atomic E-state index is 8.81. The predicted molar refractivity (Wildman–Crippen MR) is 174 cm³/mol. The summed E-state index contributed by atoms with van der Waals surface area (Å²) in [5.41, 5.74) is 3.61. The Labute approximate surface area is 249 Å². The van der Waals surface area contributed by atoms with Crippen LogP contribution in [0.25, 0.3) is 10.2 Å². The first kappa shape index (κ1) is 33.5. The molecule has 0 radical (unpaired) electrons. The van der Waals surface area contributed by atoms with Crippen LogP contribution in [0.15, 0.2) is 77.7 Å². The van der Waals surface area contributed by atoms with Crippen LogP contribution in [0.5, 0.6) is 5.75 Å². The van der Waals surface area contributed by atoms with Gasteiger partial charge in [0.15, 0.2) is 0 Å². The highest BCUT2D eigenvalue weighted by Crippen LogP contribution is 2.33. The zero-order valence-corrected chi connectivity index (χ0v) is 26.4. The first-order chi connectivity index (χ1) is 19.4.